The topological polar surface area (TPSA) is 63.4 Å². The standard InChI is InChI=1S/C19H13F2NO3/c1-11-10-16(12-2-6-14(20)7-3-12)17(18(19(11)23)22(24)25)13-4-8-15(21)9-5-13/h2-10,23H,1H3. The van der Waals surface area contributed by atoms with E-state index in [1.807, 2.05) is 0 Å². The highest BCUT2D eigenvalue weighted by Gasteiger charge is 2.27. The molecule has 3 aromatic rings. The molecule has 0 atom stereocenters. The first-order chi connectivity index (χ1) is 11.9. The van der Waals surface area contributed by atoms with Crippen molar-refractivity contribution < 1.29 is 18.8 Å². The highest BCUT2D eigenvalue weighted by Crippen LogP contribution is 2.45. The van der Waals surface area contributed by atoms with Gasteiger partial charge in [-0.3, -0.25) is 10.1 Å². The molecule has 0 saturated carbocycles. The van der Waals surface area contributed by atoms with E-state index < -0.39 is 28.0 Å². The van der Waals surface area contributed by atoms with Crippen molar-refractivity contribution in [3.05, 3.63) is 81.9 Å². The second kappa shape index (κ2) is 6.32. The van der Waals surface area contributed by atoms with Gasteiger partial charge in [0.2, 0.25) is 0 Å². The number of hydrogen-bond donors (Lipinski definition) is 1. The van der Waals surface area contributed by atoms with Crippen LogP contribution < -0.4 is 0 Å². The summed E-state index contributed by atoms with van der Waals surface area (Å²) in [6.45, 7) is 1.55. The van der Waals surface area contributed by atoms with Crippen LogP contribution in [0.3, 0.4) is 0 Å². The van der Waals surface area contributed by atoms with Gasteiger partial charge in [-0.1, -0.05) is 24.3 Å². The summed E-state index contributed by atoms with van der Waals surface area (Å²) in [5, 5.41) is 21.8. The molecule has 0 amide bonds. The summed E-state index contributed by atoms with van der Waals surface area (Å²) < 4.78 is 26.5. The highest BCUT2D eigenvalue weighted by molar-refractivity contribution is 5.92. The van der Waals surface area contributed by atoms with Gasteiger partial charge in [0.1, 0.15) is 11.6 Å². The molecule has 0 saturated heterocycles. The number of nitro benzene ring substituents is 1. The van der Waals surface area contributed by atoms with Gasteiger partial charge in [0.05, 0.1) is 10.5 Å². The Labute approximate surface area is 142 Å². The number of rotatable bonds is 3. The predicted molar refractivity (Wildman–Crippen MR) is 90.3 cm³/mol. The van der Waals surface area contributed by atoms with Crippen molar-refractivity contribution in [3.8, 4) is 28.0 Å². The number of benzene rings is 3. The average Bonchev–Trinajstić information content (AvgIpc) is 2.58. The fourth-order valence-corrected chi connectivity index (χ4v) is 2.73. The molecule has 0 fully saturated rings. The maximum atomic E-state index is 13.2. The number of aromatic hydroxyl groups is 1. The maximum absolute atomic E-state index is 13.2. The monoisotopic (exact) mass is 341 g/mol. The molecular weight excluding hydrogens is 328 g/mol. The number of hydrogen-bond acceptors (Lipinski definition) is 3. The maximum Gasteiger partial charge on any atom is 0.319 e. The zero-order valence-electron chi connectivity index (χ0n) is 13.2. The van der Waals surface area contributed by atoms with E-state index in [2.05, 4.69) is 0 Å². The van der Waals surface area contributed by atoms with Crippen LogP contribution in [0.15, 0.2) is 54.6 Å². The minimum Gasteiger partial charge on any atom is -0.502 e. The SMILES string of the molecule is Cc1cc(-c2ccc(F)cc2)c(-c2ccc(F)cc2)c([N+](=O)[O-])c1O. The van der Waals surface area contributed by atoms with Crippen LogP contribution in [0, 0.1) is 28.7 Å². The number of phenols is 1. The first kappa shape index (κ1) is 16.6. The molecular formula is C19H13F2NO3. The predicted octanol–water partition coefficient (Wildman–Crippen LogP) is 5.22. The summed E-state index contributed by atoms with van der Waals surface area (Å²) >= 11 is 0. The van der Waals surface area contributed by atoms with E-state index in [9.17, 15) is 24.0 Å². The van der Waals surface area contributed by atoms with Gasteiger partial charge >= 0.3 is 5.69 Å². The lowest BCUT2D eigenvalue weighted by Gasteiger charge is -2.14. The average molecular weight is 341 g/mol. The molecule has 1 N–H and O–H groups in total. The second-order valence-corrected chi connectivity index (χ2v) is 5.58. The lowest BCUT2D eigenvalue weighted by Crippen LogP contribution is -1.98. The fraction of sp³-hybridized carbons (Fsp3) is 0.0526. The van der Waals surface area contributed by atoms with Gasteiger partial charge in [0.15, 0.2) is 5.75 Å². The molecule has 0 aliphatic carbocycles. The van der Waals surface area contributed by atoms with Gasteiger partial charge in [-0.2, -0.15) is 0 Å². The number of nitrogens with zero attached hydrogens (tertiary/aromatic N) is 1. The number of phenolic OH excluding ortho intramolecular Hbond substituents is 1. The van der Waals surface area contributed by atoms with Crippen molar-refractivity contribution in [1.29, 1.82) is 0 Å². The molecule has 0 aliphatic rings. The number of aryl methyl sites for hydroxylation is 1. The van der Waals surface area contributed by atoms with Crippen LogP contribution in [-0.2, 0) is 0 Å². The van der Waals surface area contributed by atoms with Crippen molar-refractivity contribution in [3.63, 3.8) is 0 Å². The van der Waals surface area contributed by atoms with Crippen LogP contribution in [0.1, 0.15) is 5.56 Å². The first-order valence-corrected chi connectivity index (χ1v) is 7.41. The Morgan fingerprint density at radius 2 is 1.40 bits per heavy atom. The van der Waals surface area contributed by atoms with Crippen LogP contribution >= 0.6 is 0 Å². The summed E-state index contributed by atoms with van der Waals surface area (Å²) in [5.41, 5.74) is 1.38. The summed E-state index contributed by atoms with van der Waals surface area (Å²) in [4.78, 5) is 10.9. The molecule has 3 rings (SSSR count). The van der Waals surface area contributed by atoms with Crippen molar-refractivity contribution in [2.24, 2.45) is 0 Å². The van der Waals surface area contributed by atoms with Gasteiger partial charge < -0.3 is 5.11 Å². The van der Waals surface area contributed by atoms with E-state index in [0.29, 0.717) is 22.3 Å². The van der Waals surface area contributed by atoms with Crippen LogP contribution in [0.5, 0.6) is 5.75 Å². The van der Waals surface area contributed by atoms with Crippen molar-refractivity contribution in [1.82, 2.24) is 0 Å². The molecule has 3 aromatic carbocycles. The minimum atomic E-state index is -0.673. The van der Waals surface area contributed by atoms with Crippen LogP contribution in [-0.4, -0.2) is 10.0 Å². The van der Waals surface area contributed by atoms with Gasteiger partial charge in [0, 0.05) is 0 Å². The Morgan fingerprint density at radius 1 is 0.920 bits per heavy atom. The third-order valence-corrected chi connectivity index (χ3v) is 3.94. The summed E-state index contributed by atoms with van der Waals surface area (Å²) in [6.07, 6.45) is 0. The van der Waals surface area contributed by atoms with Crippen LogP contribution in [0.2, 0.25) is 0 Å². The van der Waals surface area contributed by atoms with E-state index >= 15 is 0 Å². The molecule has 0 bridgehead atoms. The van der Waals surface area contributed by atoms with Gasteiger partial charge in [-0.25, -0.2) is 8.78 Å². The molecule has 0 spiro atoms. The zero-order chi connectivity index (χ0) is 18.1. The van der Waals surface area contributed by atoms with E-state index in [4.69, 9.17) is 0 Å². The first-order valence-electron chi connectivity index (χ1n) is 7.41. The van der Waals surface area contributed by atoms with Crippen LogP contribution in [0.4, 0.5) is 14.5 Å². The normalized spacial score (nSPS) is 10.7. The van der Waals surface area contributed by atoms with Gasteiger partial charge in [0.25, 0.3) is 0 Å². The van der Waals surface area contributed by atoms with Crippen LogP contribution in [0.25, 0.3) is 22.3 Å². The summed E-state index contributed by atoms with van der Waals surface area (Å²) in [5.74, 6) is -1.36. The molecule has 6 heteroatoms. The molecule has 0 aliphatic heterocycles. The molecule has 0 aromatic heterocycles. The zero-order valence-corrected chi connectivity index (χ0v) is 13.2. The molecule has 0 heterocycles. The highest BCUT2D eigenvalue weighted by atomic mass is 19.1. The quantitative estimate of drug-likeness (QED) is 0.525. The molecule has 0 radical (unpaired) electrons. The largest absolute Gasteiger partial charge is 0.502 e. The molecule has 25 heavy (non-hydrogen) atoms. The third-order valence-electron chi connectivity index (χ3n) is 3.94. The Bertz CT molecular complexity index is 952. The lowest BCUT2D eigenvalue weighted by atomic mass is 9.90. The Balaban J connectivity index is 2.39. The number of nitro groups is 1. The fourth-order valence-electron chi connectivity index (χ4n) is 2.73. The van der Waals surface area contributed by atoms with E-state index in [1.54, 1.807) is 13.0 Å². The van der Waals surface area contributed by atoms with E-state index in [0.717, 1.165) is 0 Å². The van der Waals surface area contributed by atoms with Gasteiger partial charge in [-0.15, -0.1) is 0 Å². The third kappa shape index (κ3) is 3.06. The van der Waals surface area contributed by atoms with E-state index in [-0.39, 0.29) is 5.56 Å². The Morgan fingerprint density at radius 3 is 1.88 bits per heavy atom. The molecule has 4 nitrogen and oxygen atoms in total. The van der Waals surface area contributed by atoms with Gasteiger partial charge in [-0.05, 0) is 59.5 Å². The summed E-state index contributed by atoms with van der Waals surface area (Å²) in [7, 11) is 0. The van der Waals surface area contributed by atoms with E-state index in [1.165, 1.54) is 48.5 Å². The van der Waals surface area contributed by atoms with Crippen molar-refractivity contribution in [2.75, 3.05) is 0 Å². The van der Waals surface area contributed by atoms with Crippen molar-refractivity contribution in [2.45, 2.75) is 6.92 Å². The minimum absolute atomic E-state index is 0.153. The second-order valence-electron chi connectivity index (χ2n) is 5.58. The number of halogens is 2. The smallest absolute Gasteiger partial charge is 0.319 e. The summed E-state index contributed by atoms with van der Waals surface area (Å²) in [6, 6.07) is 12.3. The Kier molecular flexibility index (Phi) is 4.19. The Hall–Kier alpha value is -3.28. The van der Waals surface area contributed by atoms with Crippen molar-refractivity contribution >= 4 is 5.69 Å². The lowest BCUT2D eigenvalue weighted by molar-refractivity contribution is -0.385. The molecule has 0 unspecified atom stereocenters. The molecule has 126 valence electrons.